The third-order valence-corrected chi connectivity index (χ3v) is 4.12. The molecule has 0 amide bonds. The van der Waals surface area contributed by atoms with Gasteiger partial charge in [0, 0.05) is 23.8 Å². The Morgan fingerprint density at radius 1 is 1.24 bits per heavy atom. The SMILES string of the molecule is CC(C)(N)CCNc1nc2cc(-c3nn[nH]n3)ccc2n2cccc12. The van der Waals surface area contributed by atoms with Crippen molar-refractivity contribution in [2.75, 3.05) is 11.9 Å². The molecule has 0 bridgehead atoms. The molecule has 0 saturated heterocycles. The molecule has 0 aliphatic heterocycles. The van der Waals surface area contributed by atoms with E-state index in [-0.39, 0.29) is 5.54 Å². The van der Waals surface area contributed by atoms with Gasteiger partial charge >= 0.3 is 0 Å². The number of nitrogens with zero attached hydrogens (tertiary/aromatic N) is 5. The highest BCUT2D eigenvalue weighted by Crippen LogP contribution is 2.25. The van der Waals surface area contributed by atoms with Crippen LogP contribution in [0.5, 0.6) is 0 Å². The van der Waals surface area contributed by atoms with E-state index >= 15 is 0 Å². The number of aromatic nitrogens is 6. The maximum absolute atomic E-state index is 6.07. The molecule has 0 fully saturated rings. The van der Waals surface area contributed by atoms with Crippen molar-refractivity contribution in [2.45, 2.75) is 25.8 Å². The van der Waals surface area contributed by atoms with E-state index in [1.165, 1.54) is 0 Å². The van der Waals surface area contributed by atoms with Crippen molar-refractivity contribution in [3.05, 3.63) is 36.5 Å². The summed E-state index contributed by atoms with van der Waals surface area (Å²) in [6, 6.07) is 10.0. The van der Waals surface area contributed by atoms with Crippen molar-refractivity contribution >= 4 is 22.4 Å². The van der Waals surface area contributed by atoms with Crippen LogP contribution in [-0.2, 0) is 0 Å². The summed E-state index contributed by atoms with van der Waals surface area (Å²) in [5.74, 6) is 1.39. The summed E-state index contributed by atoms with van der Waals surface area (Å²) in [6.45, 7) is 4.80. The second-order valence-electron chi connectivity index (χ2n) is 6.83. The Morgan fingerprint density at radius 2 is 2.12 bits per heavy atom. The van der Waals surface area contributed by atoms with Crippen molar-refractivity contribution in [3.8, 4) is 11.4 Å². The maximum Gasteiger partial charge on any atom is 0.204 e. The minimum atomic E-state index is -0.214. The van der Waals surface area contributed by atoms with Gasteiger partial charge in [0.25, 0.3) is 0 Å². The van der Waals surface area contributed by atoms with Gasteiger partial charge in [0.1, 0.15) is 0 Å². The molecular weight excluding hydrogens is 316 g/mol. The Kier molecular flexibility index (Phi) is 3.61. The molecule has 1 aromatic carbocycles. The molecule has 4 N–H and O–H groups in total. The fourth-order valence-corrected chi connectivity index (χ4v) is 2.83. The number of fused-ring (bicyclic) bond motifs is 3. The van der Waals surface area contributed by atoms with Gasteiger partial charge in [0.15, 0.2) is 5.82 Å². The van der Waals surface area contributed by atoms with Crippen LogP contribution < -0.4 is 11.1 Å². The number of anilines is 1. The van der Waals surface area contributed by atoms with Crippen molar-refractivity contribution in [3.63, 3.8) is 0 Å². The molecule has 25 heavy (non-hydrogen) atoms. The normalized spacial score (nSPS) is 12.1. The van der Waals surface area contributed by atoms with E-state index in [0.717, 1.165) is 40.9 Å². The zero-order chi connectivity index (χ0) is 17.4. The lowest BCUT2D eigenvalue weighted by Crippen LogP contribution is -2.34. The van der Waals surface area contributed by atoms with E-state index in [2.05, 4.69) is 36.4 Å². The van der Waals surface area contributed by atoms with Crippen molar-refractivity contribution in [2.24, 2.45) is 5.73 Å². The van der Waals surface area contributed by atoms with Gasteiger partial charge in [-0.1, -0.05) is 0 Å². The van der Waals surface area contributed by atoms with Crippen molar-refractivity contribution in [1.29, 1.82) is 0 Å². The molecule has 0 spiro atoms. The van der Waals surface area contributed by atoms with Crippen LogP contribution in [0.3, 0.4) is 0 Å². The van der Waals surface area contributed by atoms with E-state index in [4.69, 9.17) is 10.7 Å². The van der Waals surface area contributed by atoms with Gasteiger partial charge in [-0.2, -0.15) is 5.21 Å². The predicted molar refractivity (Wildman–Crippen MR) is 97.2 cm³/mol. The highest BCUT2D eigenvalue weighted by molar-refractivity contribution is 5.87. The highest BCUT2D eigenvalue weighted by Gasteiger charge is 2.13. The average Bonchev–Trinajstić information content (AvgIpc) is 3.25. The van der Waals surface area contributed by atoms with E-state index < -0.39 is 0 Å². The number of benzene rings is 1. The lowest BCUT2D eigenvalue weighted by atomic mass is 10.0. The topological polar surface area (TPSA) is 110 Å². The summed E-state index contributed by atoms with van der Waals surface area (Å²) in [4.78, 5) is 4.81. The zero-order valence-electron chi connectivity index (χ0n) is 14.2. The third-order valence-electron chi connectivity index (χ3n) is 4.12. The second kappa shape index (κ2) is 5.82. The van der Waals surface area contributed by atoms with Crippen LogP contribution >= 0.6 is 0 Å². The largest absolute Gasteiger partial charge is 0.368 e. The van der Waals surface area contributed by atoms with Crippen LogP contribution in [0.2, 0.25) is 0 Å². The van der Waals surface area contributed by atoms with Crippen molar-refractivity contribution < 1.29 is 0 Å². The predicted octanol–water partition coefficient (Wildman–Crippen LogP) is 2.21. The molecule has 8 nitrogen and oxygen atoms in total. The van der Waals surface area contributed by atoms with Gasteiger partial charge < -0.3 is 15.5 Å². The van der Waals surface area contributed by atoms with Crippen LogP contribution in [0.4, 0.5) is 5.82 Å². The quantitative estimate of drug-likeness (QED) is 0.515. The molecule has 0 aliphatic rings. The van der Waals surface area contributed by atoms with E-state index in [0.29, 0.717) is 5.82 Å². The molecule has 128 valence electrons. The summed E-state index contributed by atoms with van der Waals surface area (Å²) in [5.41, 5.74) is 9.65. The molecule has 0 atom stereocenters. The van der Waals surface area contributed by atoms with E-state index in [1.54, 1.807) is 0 Å². The third kappa shape index (κ3) is 3.03. The lowest BCUT2D eigenvalue weighted by Gasteiger charge is -2.19. The summed E-state index contributed by atoms with van der Waals surface area (Å²) >= 11 is 0. The Balaban J connectivity index is 1.77. The van der Waals surface area contributed by atoms with Crippen LogP contribution in [0.25, 0.3) is 27.9 Å². The molecule has 4 rings (SSSR count). The summed E-state index contributed by atoms with van der Waals surface area (Å²) in [6.07, 6.45) is 2.88. The zero-order valence-corrected chi connectivity index (χ0v) is 14.2. The van der Waals surface area contributed by atoms with Gasteiger partial charge in [-0.25, -0.2) is 4.98 Å². The number of nitrogens with one attached hydrogen (secondary N) is 2. The fourth-order valence-electron chi connectivity index (χ4n) is 2.83. The molecule has 3 aromatic heterocycles. The summed E-state index contributed by atoms with van der Waals surface area (Å²) < 4.78 is 2.12. The Morgan fingerprint density at radius 3 is 2.88 bits per heavy atom. The molecule has 8 heteroatoms. The number of nitrogens with two attached hydrogens (primary N) is 1. The Bertz CT molecular complexity index is 1010. The smallest absolute Gasteiger partial charge is 0.204 e. The summed E-state index contributed by atoms with van der Waals surface area (Å²) in [5, 5.41) is 17.6. The van der Waals surface area contributed by atoms with Crippen LogP contribution in [0, 0.1) is 0 Å². The monoisotopic (exact) mass is 336 g/mol. The summed E-state index contributed by atoms with van der Waals surface area (Å²) in [7, 11) is 0. The maximum atomic E-state index is 6.07. The first-order chi connectivity index (χ1) is 12.0. The number of H-pyrrole nitrogens is 1. The second-order valence-corrected chi connectivity index (χ2v) is 6.83. The van der Waals surface area contributed by atoms with E-state index in [9.17, 15) is 0 Å². The molecule has 4 aromatic rings. The first kappa shape index (κ1) is 15.5. The molecule has 0 radical (unpaired) electrons. The molecule has 0 saturated carbocycles. The van der Waals surface area contributed by atoms with Gasteiger partial charge in [0.05, 0.1) is 16.6 Å². The Hall–Kier alpha value is -3.00. The number of rotatable bonds is 5. The lowest BCUT2D eigenvalue weighted by molar-refractivity contribution is 0.490. The molecule has 3 heterocycles. The highest BCUT2D eigenvalue weighted by atomic mass is 15.5. The first-order valence-corrected chi connectivity index (χ1v) is 8.19. The molecule has 0 aliphatic carbocycles. The number of aromatic amines is 1. The van der Waals surface area contributed by atoms with Gasteiger partial charge in [-0.15, -0.1) is 10.2 Å². The minimum absolute atomic E-state index is 0.214. The molecule has 0 unspecified atom stereocenters. The van der Waals surface area contributed by atoms with Gasteiger partial charge in [-0.3, -0.25) is 0 Å². The Labute approximate surface area is 144 Å². The van der Waals surface area contributed by atoms with Crippen LogP contribution in [0.15, 0.2) is 36.5 Å². The average molecular weight is 336 g/mol. The number of tetrazole rings is 1. The molecular formula is C17H20N8. The first-order valence-electron chi connectivity index (χ1n) is 8.19. The standard InChI is InChI=1S/C17H20N8/c1-17(2,18)7-8-19-16-14-4-3-9-25(14)13-6-5-11(10-12(13)20-16)15-21-23-24-22-15/h3-6,9-10H,7-8,18H2,1-2H3,(H,19,20)(H,21,22,23,24). The van der Waals surface area contributed by atoms with Crippen LogP contribution in [0.1, 0.15) is 20.3 Å². The number of hydrogen-bond acceptors (Lipinski definition) is 6. The fraction of sp³-hybridized carbons (Fsp3) is 0.294. The van der Waals surface area contributed by atoms with Gasteiger partial charge in [-0.05, 0) is 55.8 Å². The minimum Gasteiger partial charge on any atom is -0.368 e. The van der Waals surface area contributed by atoms with Crippen LogP contribution in [-0.4, -0.2) is 42.1 Å². The number of hydrogen-bond donors (Lipinski definition) is 3. The van der Waals surface area contributed by atoms with Crippen molar-refractivity contribution in [1.82, 2.24) is 30.0 Å². The van der Waals surface area contributed by atoms with E-state index in [1.807, 2.05) is 44.3 Å². The van der Waals surface area contributed by atoms with Gasteiger partial charge in [0.2, 0.25) is 5.82 Å².